The van der Waals surface area contributed by atoms with Crippen molar-refractivity contribution in [1.29, 1.82) is 0 Å². The molecule has 4 heteroatoms. The van der Waals surface area contributed by atoms with Crippen molar-refractivity contribution in [2.45, 2.75) is 96.6 Å². The first kappa shape index (κ1) is 21.1. The van der Waals surface area contributed by atoms with Gasteiger partial charge in [0.05, 0.1) is 5.60 Å². The van der Waals surface area contributed by atoms with Gasteiger partial charge in [0.25, 0.3) is 0 Å². The van der Waals surface area contributed by atoms with Gasteiger partial charge < -0.3 is 14.9 Å². The van der Waals surface area contributed by atoms with Crippen molar-refractivity contribution in [3.05, 3.63) is 34.9 Å². The number of aliphatic hydroxyl groups is 2. The molecule has 1 aliphatic heterocycles. The molecular formula is C22H34O4. The highest BCUT2D eigenvalue weighted by atomic mass is 16.6. The third-order valence-corrected chi connectivity index (χ3v) is 5.41. The zero-order valence-electron chi connectivity index (χ0n) is 16.8. The number of rotatable bonds is 9. The van der Waals surface area contributed by atoms with E-state index in [-0.39, 0.29) is 11.9 Å². The van der Waals surface area contributed by atoms with Crippen LogP contribution in [0.1, 0.15) is 73.1 Å². The van der Waals surface area contributed by atoms with Crippen molar-refractivity contribution in [2.75, 3.05) is 0 Å². The fourth-order valence-corrected chi connectivity index (χ4v) is 3.50. The molecule has 1 fully saturated rings. The van der Waals surface area contributed by atoms with E-state index in [4.69, 9.17) is 4.74 Å². The number of fused-ring (bicyclic) bond motifs is 1. The van der Waals surface area contributed by atoms with E-state index in [1.54, 1.807) is 6.92 Å². The fourth-order valence-electron chi connectivity index (χ4n) is 3.50. The summed E-state index contributed by atoms with van der Waals surface area (Å²) in [5.41, 5.74) is 1.89. The van der Waals surface area contributed by atoms with Crippen molar-refractivity contribution >= 4 is 5.78 Å². The normalized spacial score (nSPS) is 29.5. The first-order valence-corrected chi connectivity index (χ1v) is 9.67. The van der Waals surface area contributed by atoms with Gasteiger partial charge in [-0.05, 0) is 78.4 Å². The first-order valence-electron chi connectivity index (χ1n) is 9.67. The molecule has 0 radical (unpaired) electrons. The minimum Gasteiger partial charge on any atom is -0.390 e. The quantitative estimate of drug-likeness (QED) is 0.480. The van der Waals surface area contributed by atoms with Crippen LogP contribution in [0.5, 0.6) is 0 Å². The second-order valence-corrected chi connectivity index (χ2v) is 8.64. The van der Waals surface area contributed by atoms with E-state index in [1.807, 2.05) is 13.8 Å². The number of carbonyl (C=O) groups is 1. The van der Waals surface area contributed by atoms with E-state index in [2.05, 4.69) is 26.0 Å². The Labute approximate surface area is 157 Å². The predicted octanol–water partition coefficient (Wildman–Crippen LogP) is 4.02. The second-order valence-electron chi connectivity index (χ2n) is 8.64. The molecule has 3 atom stereocenters. The van der Waals surface area contributed by atoms with Crippen LogP contribution in [-0.4, -0.2) is 39.4 Å². The van der Waals surface area contributed by atoms with Crippen LogP contribution in [0.3, 0.4) is 0 Å². The average Bonchev–Trinajstić information content (AvgIpc) is 3.26. The Morgan fingerprint density at radius 1 is 1.27 bits per heavy atom. The number of aliphatic hydroxyl groups excluding tert-OH is 1. The molecule has 0 aromatic rings. The lowest BCUT2D eigenvalue weighted by molar-refractivity contribution is -0.119. The monoisotopic (exact) mass is 362 g/mol. The molecular weight excluding hydrogens is 328 g/mol. The zero-order chi connectivity index (χ0) is 19.5. The molecule has 146 valence electrons. The first-order chi connectivity index (χ1) is 12.0. The van der Waals surface area contributed by atoms with E-state index >= 15 is 0 Å². The van der Waals surface area contributed by atoms with Crippen LogP contribution in [0.15, 0.2) is 34.9 Å². The van der Waals surface area contributed by atoms with Gasteiger partial charge >= 0.3 is 0 Å². The summed E-state index contributed by atoms with van der Waals surface area (Å²) >= 11 is 0. The SMILES string of the molecule is CC(=CC[C@]12O[C@H]1[C@H](O)C(C)=CC2=O)CCC=C(C)CCCC(C)(C)O. The zero-order valence-corrected chi connectivity index (χ0v) is 16.8. The summed E-state index contributed by atoms with van der Waals surface area (Å²) in [6, 6.07) is 0. The Morgan fingerprint density at radius 3 is 2.58 bits per heavy atom. The minimum absolute atomic E-state index is 0.0168. The molecule has 1 saturated heterocycles. The van der Waals surface area contributed by atoms with Crippen molar-refractivity contribution < 1.29 is 19.7 Å². The highest BCUT2D eigenvalue weighted by Gasteiger charge is 2.65. The van der Waals surface area contributed by atoms with Gasteiger partial charge in [0.1, 0.15) is 12.2 Å². The number of epoxide rings is 1. The largest absolute Gasteiger partial charge is 0.390 e. The minimum atomic E-state index is -0.816. The van der Waals surface area contributed by atoms with Crippen molar-refractivity contribution in [3.8, 4) is 0 Å². The molecule has 0 spiro atoms. The Hall–Kier alpha value is -1.23. The number of hydrogen-bond donors (Lipinski definition) is 2. The summed E-state index contributed by atoms with van der Waals surface area (Å²) in [6.07, 6.45) is 10.1. The summed E-state index contributed by atoms with van der Waals surface area (Å²) in [5, 5.41) is 19.8. The van der Waals surface area contributed by atoms with Crippen LogP contribution in [0, 0.1) is 0 Å². The Bertz CT molecular complexity index is 621. The highest BCUT2D eigenvalue weighted by molar-refractivity contribution is 6.02. The van der Waals surface area contributed by atoms with Crippen LogP contribution < -0.4 is 0 Å². The molecule has 26 heavy (non-hydrogen) atoms. The fraction of sp³-hybridized carbons (Fsp3) is 0.682. The van der Waals surface area contributed by atoms with Crippen molar-refractivity contribution in [2.24, 2.45) is 0 Å². The summed E-state index contributed by atoms with van der Waals surface area (Å²) in [5.74, 6) is -0.0168. The summed E-state index contributed by atoms with van der Waals surface area (Å²) in [6.45, 7) is 9.69. The van der Waals surface area contributed by atoms with E-state index < -0.39 is 17.3 Å². The average molecular weight is 363 g/mol. The molecule has 2 aliphatic rings. The Kier molecular flexibility index (Phi) is 6.65. The molecule has 0 aromatic heterocycles. The number of ether oxygens (including phenoxy) is 1. The van der Waals surface area contributed by atoms with Crippen LogP contribution >= 0.6 is 0 Å². The molecule has 2 rings (SSSR count). The van der Waals surface area contributed by atoms with Crippen molar-refractivity contribution in [1.82, 2.24) is 0 Å². The Balaban J connectivity index is 1.76. The lowest BCUT2D eigenvalue weighted by Crippen LogP contribution is -2.36. The third kappa shape index (κ3) is 5.38. The maximum Gasteiger partial charge on any atom is 0.190 e. The van der Waals surface area contributed by atoms with Crippen LogP contribution in [0.2, 0.25) is 0 Å². The van der Waals surface area contributed by atoms with Crippen LogP contribution in [0.4, 0.5) is 0 Å². The van der Waals surface area contributed by atoms with Gasteiger partial charge in [-0.2, -0.15) is 0 Å². The number of ketones is 1. The molecule has 0 unspecified atom stereocenters. The summed E-state index contributed by atoms with van der Waals surface area (Å²) in [7, 11) is 0. The molecule has 0 saturated carbocycles. The van der Waals surface area contributed by atoms with E-state index in [1.165, 1.54) is 17.2 Å². The second kappa shape index (κ2) is 8.20. The van der Waals surface area contributed by atoms with Gasteiger partial charge in [-0.15, -0.1) is 0 Å². The van der Waals surface area contributed by atoms with Gasteiger partial charge in [-0.3, -0.25) is 4.79 Å². The van der Waals surface area contributed by atoms with Gasteiger partial charge in [0.2, 0.25) is 0 Å². The van der Waals surface area contributed by atoms with E-state index in [0.29, 0.717) is 12.0 Å². The van der Waals surface area contributed by atoms with Gasteiger partial charge in [-0.25, -0.2) is 0 Å². The molecule has 1 heterocycles. The molecule has 1 aliphatic carbocycles. The predicted molar refractivity (Wildman–Crippen MR) is 104 cm³/mol. The third-order valence-electron chi connectivity index (χ3n) is 5.41. The number of carbonyl (C=O) groups excluding carboxylic acids is 1. The maximum absolute atomic E-state index is 12.2. The lowest BCUT2D eigenvalue weighted by Gasteiger charge is -2.17. The van der Waals surface area contributed by atoms with E-state index in [0.717, 1.165) is 32.1 Å². The molecule has 0 bridgehead atoms. The lowest BCUT2D eigenvalue weighted by atomic mass is 9.84. The number of hydrogen-bond acceptors (Lipinski definition) is 4. The topological polar surface area (TPSA) is 70.1 Å². The maximum atomic E-state index is 12.2. The summed E-state index contributed by atoms with van der Waals surface area (Å²) < 4.78 is 5.60. The smallest absolute Gasteiger partial charge is 0.190 e. The van der Waals surface area contributed by atoms with Crippen LogP contribution in [-0.2, 0) is 9.53 Å². The number of allylic oxidation sites excluding steroid dienone is 3. The molecule has 2 N–H and O–H groups in total. The van der Waals surface area contributed by atoms with E-state index in [9.17, 15) is 15.0 Å². The summed E-state index contributed by atoms with van der Waals surface area (Å²) in [4.78, 5) is 12.2. The highest BCUT2D eigenvalue weighted by Crippen LogP contribution is 2.48. The molecule has 4 nitrogen and oxygen atoms in total. The van der Waals surface area contributed by atoms with Gasteiger partial charge in [-0.1, -0.05) is 23.3 Å². The van der Waals surface area contributed by atoms with Crippen molar-refractivity contribution in [3.63, 3.8) is 0 Å². The standard InChI is InChI=1S/C22H34O4/c1-15(10-7-12-21(4,5)25)8-6-9-16(2)11-13-22-18(23)14-17(3)19(24)20(22)26-22/h8,11,14,19-20,24-25H,6-7,9-10,12-13H2,1-5H3/t19-,20+,22-/m1/s1. The van der Waals surface area contributed by atoms with Gasteiger partial charge in [0.15, 0.2) is 11.4 Å². The van der Waals surface area contributed by atoms with Crippen LogP contribution in [0.25, 0.3) is 0 Å². The van der Waals surface area contributed by atoms with Gasteiger partial charge in [0, 0.05) is 6.42 Å². The molecule has 0 aromatic carbocycles. The molecule has 0 amide bonds. The Morgan fingerprint density at radius 2 is 1.92 bits per heavy atom.